The number of nitro groups is 1. The molecule has 1 aromatic carbocycles. The van der Waals surface area contributed by atoms with Crippen molar-refractivity contribution in [2.45, 2.75) is 32.4 Å². The number of benzene rings is 1. The molecule has 0 saturated carbocycles. The zero-order valence-electron chi connectivity index (χ0n) is 10.5. The van der Waals surface area contributed by atoms with Crippen molar-refractivity contribution >= 4 is 5.69 Å². The molecule has 2 N–H and O–H groups in total. The van der Waals surface area contributed by atoms with Crippen molar-refractivity contribution < 1.29 is 14.1 Å². The highest BCUT2D eigenvalue weighted by molar-refractivity contribution is 5.34. The van der Waals surface area contributed by atoms with Crippen molar-refractivity contribution in [2.24, 2.45) is 5.73 Å². The van der Waals surface area contributed by atoms with Crippen molar-refractivity contribution in [3.05, 3.63) is 39.7 Å². The predicted octanol–water partition coefficient (Wildman–Crippen LogP) is 2.38. The SMILES string of the molecule is CCC(C)(N)COCc1cc(F)cc([N+](=O)[O-])c1. The Morgan fingerprint density at radius 1 is 1.50 bits per heavy atom. The van der Waals surface area contributed by atoms with Crippen LogP contribution in [0.5, 0.6) is 0 Å². The summed E-state index contributed by atoms with van der Waals surface area (Å²) in [5.74, 6) is -0.645. The number of nitrogens with zero attached hydrogens (tertiary/aromatic N) is 1. The van der Waals surface area contributed by atoms with E-state index in [2.05, 4.69) is 0 Å². The molecule has 0 saturated heterocycles. The fourth-order valence-electron chi connectivity index (χ4n) is 1.33. The molecule has 0 aliphatic rings. The zero-order chi connectivity index (χ0) is 13.8. The Labute approximate surface area is 105 Å². The van der Waals surface area contributed by atoms with Gasteiger partial charge in [-0.05, 0) is 25.0 Å². The summed E-state index contributed by atoms with van der Waals surface area (Å²) in [5.41, 5.74) is 5.58. The molecular weight excluding hydrogens is 239 g/mol. The second kappa shape index (κ2) is 5.88. The highest BCUT2D eigenvalue weighted by Gasteiger charge is 2.16. The third-order valence-electron chi connectivity index (χ3n) is 2.66. The van der Waals surface area contributed by atoms with Crippen LogP contribution in [0.3, 0.4) is 0 Å². The Balaban J connectivity index is 2.65. The van der Waals surface area contributed by atoms with Crippen LogP contribution in [0, 0.1) is 15.9 Å². The van der Waals surface area contributed by atoms with Gasteiger partial charge in [-0.1, -0.05) is 6.92 Å². The van der Waals surface area contributed by atoms with Gasteiger partial charge in [0.05, 0.1) is 24.2 Å². The van der Waals surface area contributed by atoms with Crippen LogP contribution in [0.1, 0.15) is 25.8 Å². The molecule has 1 unspecified atom stereocenters. The molecule has 5 nitrogen and oxygen atoms in total. The topological polar surface area (TPSA) is 78.4 Å². The molecule has 0 fully saturated rings. The maximum atomic E-state index is 13.1. The van der Waals surface area contributed by atoms with Crippen molar-refractivity contribution in [1.82, 2.24) is 0 Å². The Kier molecular flexibility index (Phi) is 4.75. The van der Waals surface area contributed by atoms with Gasteiger partial charge in [0.15, 0.2) is 0 Å². The summed E-state index contributed by atoms with van der Waals surface area (Å²) in [6.07, 6.45) is 0.746. The zero-order valence-corrected chi connectivity index (χ0v) is 10.5. The van der Waals surface area contributed by atoms with Gasteiger partial charge < -0.3 is 10.5 Å². The van der Waals surface area contributed by atoms with Crippen molar-refractivity contribution in [3.8, 4) is 0 Å². The summed E-state index contributed by atoms with van der Waals surface area (Å²) in [6, 6.07) is 3.39. The Morgan fingerprint density at radius 2 is 2.17 bits per heavy atom. The van der Waals surface area contributed by atoms with Crippen LogP contribution in [0.25, 0.3) is 0 Å². The van der Waals surface area contributed by atoms with Gasteiger partial charge in [-0.3, -0.25) is 10.1 Å². The maximum Gasteiger partial charge on any atom is 0.272 e. The average Bonchev–Trinajstić information content (AvgIpc) is 2.28. The first-order valence-electron chi connectivity index (χ1n) is 5.64. The lowest BCUT2D eigenvalue weighted by molar-refractivity contribution is -0.385. The number of ether oxygens (including phenoxy) is 1. The molecule has 6 heteroatoms. The number of rotatable bonds is 6. The molecule has 18 heavy (non-hydrogen) atoms. The smallest absolute Gasteiger partial charge is 0.272 e. The van der Waals surface area contributed by atoms with E-state index < -0.39 is 16.3 Å². The van der Waals surface area contributed by atoms with Gasteiger partial charge >= 0.3 is 0 Å². The van der Waals surface area contributed by atoms with E-state index in [0.717, 1.165) is 12.5 Å². The molecule has 0 radical (unpaired) electrons. The van der Waals surface area contributed by atoms with E-state index in [1.807, 2.05) is 13.8 Å². The van der Waals surface area contributed by atoms with Crippen LogP contribution in [-0.4, -0.2) is 17.1 Å². The van der Waals surface area contributed by atoms with Gasteiger partial charge in [0.2, 0.25) is 0 Å². The van der Waals surface area contributed by atoms with Crippen molar-refractivity contribution in [3.63, 3.8) is 0 Å². The van der Waals surface area contributed by atoms with Crippen LogP contribution in [0.15, 0.2) is 18.2 Å². The van der Waals surface area contributed by atoms with E-state index >= 15 is 0 Å². The van der Waals surface area contributed by atoms with Gasteiger partial charge in [0.1, 0.15) is 5.82 Å². The summed E-state index contributed by atoms with van der Waals surface area (Å²) in [7, 11) is 0. The van der Waals surface area contributed by atoms with Crippen molar-refractivity contribution in [2.75, 3.05) is 6.61 Å². The number of hydrogen-bond donors (Lipinski definition) is 1. The maximum absolute atomic E-state index is 13.1. The van der Waals surface area contributed by atoms with E-state index in [4.69, 9.17) is 10.5 Å². The van der Waals surface area contributed by atoms with E-state index in [1.165, 1.54) is 12.1 Å². The van der Waals surface area contributed by atoms with E-state index in [1.54, 1.807) is 0 Å². The number of nitrogens with two attached hydrogens (primary N) is 1. The van der Waals surface area contributed by atoms with Gasteiger partial charge in [0.25, 0.3) is 5.69 Å². The van der Waals surface area contributed by atoms with Gasteiger partial charge in [-0.2, -0.15) is 0 Å². The lowest BCUT2D eigenvalue weighted by Crippen LogP contribution is -2.40. The van der Waals surface area contributed by atoms with Crippen LogP contribution in [0.4, 0.5) is 10.1 Å². The highest BCUT2D eigenvalue weighted by Crippen LogP contribution is 2.17. The lowest BCUT2D eigenvalue weighted by Gasteiger charge is -2.22. The summed E-state index contributed by atoms with van der Waals surface area (Å²) in [5, 5.41) is 10.6. The van der Waals surface area contributed by atoms with Gasteiger partial charge in [0, 0.05) is 11.6 Å². The number of halogens is 1. The summed E-state index contributed by atoms with van der Waals surface area (Å²) in [6.45, 7) is 4.20. The van der Waals surface area contributed by atoms with E-state index in [0.29, 0.717) is 12.2 Å². The minimum Gasteiger partial charge on any atom is -0.375 e. The first-order chi connectivity index (χ1) is 8.34. The molecule has 0 heterocycles. The average molecular weight is 256 g/mol. The van der Waals surface area contributed by atoms with Crippen LogP contribution < -0.4 is 5.73 Å². The Hall–Kier alpha value is -1.53. The molecule has 1 aromatic rings. The first-order valence-corrected chi connectivity index (χ1v) is 5.64. The van der Waals surface area contributed by atoms with E-state index in [-0.39, 0.29) is 12.3 Å². The second-order valence-corrected chi connectivity index (χ2v) is 4.58. The first kappa shape index (κ1) is 14.5. The van der Waals surface area contributed by atoms with Gasteiger partial charge in [-0.25, -0.2) is 4.39 Å². The monoisotopic (exact) mass is 256 g/mol. The third-order valence-corrected chi connectivity index (χ3v) is 2.66. The molecule has 0 aliphatic carbocycles. The summed E-state index contributed by atoms with van der Waals surface area (Å²) < 4.78 is 18.5. The van der Waals surface area contributed by atoms with Crippen LogP contribution >= 0.6 is 0 Å². The molecular formula is C12H17FN2O3. The molecule has 0 bridgehead atoms. The molecule has 0 aromatic heterocycles. The molecule has 0 amide bonds. The molecule has 1 rings (SSSR count). The van der Waals surface area contributed by atoms with Gasteiger partial charge in [-0.15, -0.1) is 0 Å². The highest BCUT2D eigenvalue weighted by atomic mass is 19.1. The minimum absolute atomic E-state index is 0.103. The normalized spacial score (nSPS) is 14.2. The fourth-order valence-corrected chi connectivity index (χ4v) is 1.33. The summed E-state index contributed by atoms with van der Waals surface area (Å²) >= 11 is 0. The van der Waals surface area contributed by atoms with Crippen LogP contribution in [-0.2, 0) is 11.3 Å². The Bertz CT molecular complexity index is 435. The summed E-state index contributed by atoms with van der Waals surface area (Å²) in [4.78, 5) is 9.93. The lowest BCUT2D eigenvalue weighted by atomic mass is 10.0. The van der Waals surface area contributed by atoms with E-state index in [9.17, 15) is 14.5 Å². The quantitative estimate of drug-likeness (QED) is 0.626. The number of nitro benzene ring substituents is 1. The minimum atomic E-state index is -0.645. The molecule has 100 valence electrons. The van der Waals surface area contributed by atoms with Crippen molar-refractivity contribution in [1.29, 1.82) is 0 Å². The predicted molar refractivity (Wildman–Crippen MR) is 65.6 cm³/mol. The molecule has 1 atom stereocenters. The fraction of sp³-hybridized carbons (Fsp3) is 0.500. The second-order valence-electron chi connectivity index (χ2n) is 4.58. The molecule has 0 aliphatic heterocycles. The number of hydrogen-bond acceptors (Lipinski definition) is 4. The largest absolute Gasteiger partial charge is 0.375 e. The number of non-ortho nitro benzene ring substituents is 1. The van der Waals surface area contributed by atoms with Crippen LogP contribution in [0.2, 0.25) is 0 Å². The standard InChI is InChI=1S/C12H17FN2O3/c1-3-12(2,14)8-18-7-9-4-10(13)6-11(5-9)15(16)17/h4-6H,3,7-8,14H2,1-2H3. The Morgan fingerprint density at radius 3 is 2.72 bits per heavy atom. The third kappa shape index (κ3) is 4.38. The molecule has 0 spiro atoms.